The lowest BCUT2D eigenvalue weighted by Gasteiger charge is -2.43. The molecular formula is C17H34N2O. The Morgan fingerprint density at radius 2 is 1.95 bits per heavy atom. The van der Waals surface area contributed by atoms with Gasteiger partial charge < -0.3 is 10.1 Å². The van der Waals surface area contributed by atoms with E-state index in [1.807, 2.05) is 7.11 Å². The van der Waals surface area contributed by atoms with Gasteiger partial charge in [0, 0.05) is 25.7 Å². The van der Waals surface area contributed by atoms with Crippen molar-refractivity contribution >= 4 is 0 Å². The summed E-state index contributed by atoms with van der Waals surface area (Å²) in [6.45, 7) is 8.16. The molecule has 118 valence electrons. The lowest BCUT2D eigenvalue weighted by atomic mass is 9.92. The van der Waals surface area contributed by atoms with Gasteiger partial charge in [-0.1, -0.05) is 33.1 Å². The van der Waals surface area contributed by atoms with E-state index in [1.54, 1.807) is 0 Å². The van der Waals surface area contributed by atoms with Crippen molar-refractivity contribution in [1.82, 2.24) is 10.2 Å². The van der Waals surface area contributed by atoms with Gasteiger partial charge in [-0.15, -0.1) is 0 Å². The smallest absolute Gasteiger partial charge is 0.0724 e. The van der Waals surface area contributed by atoms with Crippen molar-refractivity contribution in [2.45, 2.75) is 77.0 Å². The van der Waals surface area contributed by atoms with Gasteiger partial charge in [0.05, 0.1) is 6.10 Å². The molecule has 0 bridgehead atoms. The van der Waals surface area contributed by atoms with Crippen LogP contribution in [0.25, 0.3) is 0 Å². The fourth-order valence-electron chi connectivity index (χ4n) is 3.96. The van der Waals surface area contributed by atoms with Gasteiger partial charge in [-0.3, -0.25) is 4.90 Å². The minimum absolute atomic E-state index is 0.429. The van der Waals surface area contributed by atoms with Gasteiger partial charge in [0.2, 0.25) is 0 Å². The Morgan fingerprint density at radius 3 is 2.70 bits per heavy atom. The Kier molecular flexibility index (Phi) is 6.79. The highest BCUT2D eigenvalue weighted by Crippen LogP contribution is 2.28. The number of methoxy groups -OCH3 is 1. The van der Waals surface area contributed by atoms with Crippen molar-refractivity contribution in [3.8, 4) is 0 Å². The number of rotatable bonds is 5. The molecule has 0 aromatic heterocycles. The predicted octanol–water partition coefficient (Wildman–Crippen LogP) is 3.04. The van der Waals surface area contributed by atoms with Crippen molar-refractivity contribution in [2.24, 2.45) is 5.92 Å². The summed E-state index contributed by atoms with van der Waals surface area (Å²) in [6, 6.07) is 1.43. The minimum atomic E-state index is 0.429. The quantitative estimate of drug-likeness (QED) is 0.784. The Morgan fingerprint density at radius 1 is 1.15 bits per heavy atom. The summed E-state index contributed by atoms with van der Waals surface area (Å²) in [5.74, 6) is 0.712. The van der Waals surface area contributed by atoms with Crippen molar-refractivity contribution in [3.63, 3.8) is 0 Å². The molecule has 1 saturated carbocycles. The molecule has 0 aromatic rings. The molecule has 3 heteroatoms. The van der Waals surface area contributed by atoms with E-state index < -0.39 is 0 Å². The molecule has 1 saturated heterocycles. The third-order valence-electron chi connectivity index (χ3n) is 5.33. The zero-order chi connectivity index (χ0) is 14.4. The molecule has 2 fully saturated rings. The van der Waals surface area contributed by atoms with Gasteiger partial charge in [-0.2, -0.15) is 0 Å². The van der Waals surface area contributed by atoms with E-state index >= 15 is 0 Å². The van der Waals surface area contributed by atoms with Crippen LogP contribution in [0.4, 0.5) is 0 Å². The van der Waals surface area contributed by atoms with Crippen molar-refractivity contribution < 1.29 is 4.74 Å². The molecule has 20 heavy (non-hydrogen) atoms. The lowest BCUT2D eigenvalue weighted by Crippen LogP contribution is -2.55. The molecule has 1 aliphatic heterocycles. The van der Waals surface area contributed by atoms with E-state index in [4.69, 9.17) is 4.74 Å². The molecule has 2 aliphatic rings. The van der Waals surface area contributed by atoms with E-state index in [9.17, 15) is 0 Å². The van der Waals surface area contributed by atoms with Crippen LogP contribution in [-0.4, -0.2) is 49.8 Å². The Labute approximate surface area is 125 Å². The van der Waals surface area contributed by atoms with Gasteiger partial charge >= 0.3 is 0 Å². The van der Waals surface area contributed by atoms with Crippen LogP contribution in [0.5, 0.6) is 0 Å². The summed E-state index contributed by atoms with van der Waals surface area (Å²) in [5.41, 5.74) is 0. The summed E-state index contributed by atoms with van der Waals surface area (Å²) >= 11 is 0. The van der Waals surface area contributed by atoms with Gasteiger partial charge in [-0.25, -0.2) is 0 Å². The van der Waals surface area contributed by atoms with Crippen LogP contribution < -0.4 is 5.32 Å². The lowest BCUT2D eigenvalue weighted by molar-refractivity contribution is -0.0255. The predicted molar refractivity (Wildman–Crippen MR) is 85.1 cm³/mol. The summed E-state index contributed by atoms with van der Waals surface area (Å²) in [7, 11) is 1.88. The van der Waals surface area contributed by atoms with Gasteiger partial charge in [-0.05, 0) is 44.7 Å². The highest BCUT2D eigenvalue weighted by Gasteiger charge is 2.34. The monoisotopic (exact) mass is 282 g/mol. The Hall–Kier alpha value is -0.120. The van der Waals surface area contributed by atoms with Crippen LogP contribution in [0, 0.1) is 5.92 Å². The van der Waals surface area contributed by atoms with Gasteiger partial charge in [0.25, 0.3) is 0 Å². The normalized spacial score (nSPS) is 36.8. The molecule has 0 amide bonds. The average Bonchev–Trinajstić information content (AvgIpc) is 2.71. The van der Waals surface area contributed by atoms with Crippen LogP contribution in [0.1, 0.15) is 58.8 Å². The van der Waals surface area contributed by atoms with Crippen molar-refractivity contribution in [2.75, 3.05) is 26.7 Å². The third-order valence-corrected chi connectivity index (χ3v) is 5.33. The van der Waals surface area contributed by atoms with Crippen molar-refractivity contribution in [3.05, 3.63) is 0 Å². The first-order chi connectivity index (χ1) is 9.76. The molecule has 0 radical (unpaired) electrons. The first-order valence-corrected chi connectivity index (χ1v) is 8.76. The molecule has 2 rings (SSSR count). The number of hydrogen-bond acceptors (Lipinski definition) is 3. The zero-order valence-electron chi connectivity index (χ0n) is 13.7. The number of nitrogens with one attached hydrogen (secondary N) is 1. The first-order valence-electron chi connectivity index (χ1n) is 8.76. The summed E-state index contributed by atoms with van der Waals surface area (Å²) < 4.78 is 5.71. The molecule has 1 heterocycles. The van der Waals surface area contributed by atoms with Crippen molar-refractivity contribution in [1.29, 1.82) is 0 Å². The topological polar surface area (TPSA) is 24.5 Å². The first kappa shape index (κ1) is 16.3. The molecule has 0 spiro atoms. The SMILES string of the molecule is CCCNC1CCCCCC1N1CCC(C)C(OC)C1. The number of likely N-dealkylation sites (tertiary alicyclic amines) is 1. The minimum Gasteiger partial charge on any atom is -0.380 e. The maximum absolute atomic E-state index is 5.71. The van der Waals surface area contributed by atoms with Gasteiger partial charge in [0.15, 0.2) is 0 Å². The maximum Gasteiger partial charge on any atom is 0.0724 e. The highest BCUT2D eigenvalue weighted by atomic mass is 16.5. The fraction of sp³-hybridized carbons (Fsp3) is 1.00. The maximum atomic E-state index is 5.71. The summed E-state index contributed by atoms with van der Waals surface area (Å²) in [6.07, 6.45) is 9.89. The largest absolute Gasteiger partial charge is 0.380 e. The molecule has 4 atom stereocenters. The number of piperidine rings is 1. The molecule has 0 aromatic carbocycles. The van der Waals surface area contributed by atoms with Crippen LogP contribution in [0.15, 0.2) is 0 Å². The molecule has 1 N–H and O–H groups in total. The standard InChI is InChI=1S/C17H34N2O/c1-4-11-18-15-8-6-5-7-9-16(15)19-12-10-14(2)17(13-19)20-3/h14-18H,4-13H2,1-3H3. The Bertz CT molecular complexity index is 272. The summed E-state index contributed by atoms with van der Waals surface area (Å²) in [5, 5.41) is 3.82. The number of nitrogens with zero attached hydrogens (tertiary/aromatic N) is 1. The fourth-order valence-corrected chi connectivity index (χ4v) is 3.96. The van der Waals surface area contributed by atoms with E-state index in [0.717, 1.165) is 12.6 Å². The van der Waals surface area contributed by atoms with E-state index in [2.05, 4.69) is 24.1 Å². The second kappa shape index (κ2) is 8.35. The molecule has 4 unspecified atom stereocenters. The van der Waals surface area contributed by atoms with Crippen LogP contribution in [0.2, 0.25) is 0 Å². The van der Waals surface area contributed by atoms with E-state index in [-0.39, 0.29) is 0 Å². The highest BCUT2D eigenvalue weighted by molar-refractivity contribution is 4.91. The van der Waals surface area contributed by atoms with E-state index in [1.165, 1.54) is 58.0 Å². The zero-order valence-corrected chi connectivity index (χ0v) is 13.7. The van der Waals surface area contributed by atoms with Gasteiger partial charge in [0.1, 0.15) is 0 Å². The number of ether oxygens (including phenoxy) is 1. The van der Waals surface area contributed by atoms with Crippen LogP contribution in [0.3, 0.4) is 0 Å². The molecular weight excluding hydrogens is 248 g/mol. The average molecular weight is 282 g/mol. The van der Waals surface area contributed by atoms with E-state index in [0.29, 0.717) is 18.1 Å². The second-order valence-corrected chi connectivity index (χ2v) is 6.80. The third kappa shape index (κ3) is 4.19. The number of hydrogen-bond donors (Lipinski definition) is 1. The second-order valence-electron chi connectivity index (χ2n) is 6.80. The van der Waals surface area contributed by atoms with Crippen LogP contribution >= 0.6 is 0 Å². The molecule has 1 aliphatic carbocycles. The van der Waals surface area contributed by atoms with Crippen LogP contribution in [-0.2, 0) is 4.74 Å². The summed E-state index contributed by atoms with van der Waals surface area (Å²) in [4.78, 5) is 2.73. The molecule has 3 nitrogen and oxygen atoms in total. The Balaban J connectivity index is 1.98.